The molecule has 116 valence electrons. The van der Waals surface area contributed by atoms with Gasteiger partial charge in [0.1, 0.15) is 0 Å². The van der Waals surface area contributed by atoms with Gasteiger partial charge in [0, 0.05) is 12.2 Å². The fourth-order valence-electron chi connectivity index (χ4n) is 2.89. The first-order valence-corrected chi connectivity index (χ1v) is 9.33. The molecule has 4 rings (SSSR count). The summed E-state index contributed by atoms with van der Waals surface area (Å²) in [5, 5.41) is -0.137. The van der Waals surface area contributed by atoms with Crippen molar-refractivity contribution in [2.45, 2.75) is 22.9 Å². The van der Waals surface area contributed by atoms with Gasteiger partial charge in [-0.3, -0.25) is 4.79 Å². The van der Waals surface area contributed by atoms with Crippen molar-refractivity contribution in [1.82, 2.24) is 4.98 Å². The summed E-state index contributed by atoms with van der Waals surface area (Å²) in [5.74, 6) is 0.166. The Kier molecular flexibility index (Phi) is 3.83. The first-order valence-electron chi connectivity index (χ1n) is 7.64. The monoisotopic (exact) mass is 340 g/mol. The Morgan fingerprint density at radius 1 is 1.22 bits per heavy atom. The molecule has 0 radical (unpaired) electrons. The molecule has 0 fully saturated rings. The molecule has 3 nitrogen and oxygen atoms in total. The van der Waals surface area contributed by atoms with Gasteiger partial charge in [-0.05, 0) is 37.1 Å². The lowest BCUT2D eigenvalue weighted by molar-refractivity contribution is -0.117. The Morgan fingerprint density at radius 2 is 2.00 bits per heavy atom. The number of anilines is 1. The first-order chi connectivity index (χ1) is 11.2. The highest BCUT2D eigenvalue weighted by Gasteiger charge is 2.28. The van der Waals surface area contributed by atoms with Crippen LogP contribution in [0.15, 0.2) is 52.9 Å². The van der Waals surface area contributed by atoms with Gasteiger partial charge in [-0.2, -0.15) is 0 Å². The molecule has 3 aromatic rings. The highest BCUT2D eigenvalue weighted by atomic mass is 32.2. The van der Waals surface area contributed by atoms with Crippen LogP contribution in [0.1, 0.15) is 12.5 Å². The number of thioether (sulfide) groups is 1. The Balaban J connectivity index is 1.53. The molecule has 0 spiro atoms. The zero-order chi connectivity index (χ0) is 15.8. The van der Waals surface area contributed by atoms with Gasteiger partial charge in [0.15, 0.2) is 4.34 Å². The van der Waals surface area contributed by atoms with Crippen LogP contribution >= 0.6 is 23.1 Å². The number of nitrogens with zero attached hydrogens (tertiary/aromatic N) is 2. The van der Waals surface area contributed by atoms with E-state index in [1.807, 2.05) is 48.2 Å². The molecule has 0 N–H and O–H groups in total. The van der Waals surface area contributed by atoms with Crippen LogP contribution in [0.2, 0.25) is 0 Å². The van der Waals surface area contributed by atoms with Crippen molar-refractivity contribution < 1.29 is 4.79 Å². The maximum absolute atomic E-state index is 12.8. The number of rotatable bonds is 3. The van der Waals surface area contributed by atoms with Gasteiger partial charge in [0.05, 0.1) is 15.5 Å². The minimum Gasteiger partial charge on any atom is -0.311 e. The molecule has 1 atom stereocenters. The van der Waals surface area contributed by atoms with Crippen LogP contribution in [-0.2, 0) is 11.2 Å². The Labute approximate surface area is 143 Å². The van der Waals surface area contributed by atoms with Crippen molar-refractivity contribution in [2.24, 2.45) is 0 Å². The lowest BCUT2D eigenvalue weighted by Crippen LogP contribution is -2.35. The van der Waals surface area contributed by atoms with Crippen LogP contribution in [0.3, 0.4) is 0 Å². The standard InChI is InChI=1S/C18H16N2OS2/c1-12(22-18-19-14-7-3-5-9-16(14)23-18)17(21)20-11-10-13-6-2-4-8-15(13)20/h2-9,12H,10-11H2,1H3/t12-/m0/s1. The summed E-state index contributed by atoms with van der Waals surface area (Å²) in [4.78, 5) is 19.3. The van der Waals surface area contributed by atoms with Gasteiger partial charge in [-0.25, -0.2) is 4.98 Å². The minimum atomic E-state index is -0.137. The maximum Gasteiger partial charge on any atom is 0.240 e. The van der Waals surface area contributed by atoms with E-state index in [0.29, 0.717) is 0 Å². The van der Waals surface area contributed by atoms with Gasteiger partial charge >= 0.3 is 0 Å². The number of carbonyl (C=O) groups excluding carboxylic acids is 1. The molecule has 1 aliphatic heterocycles. The van der Waals surface area contributed by atoms with Crippen LogP contribution in [0, 0.1) is 0 Å². The molecular formula is C18H16N2OS2. The molecule has 1 aliphatic rings. The largest absolute Gasteiger partial charge is 0.311 e. The predicted octanol–water partition coefficient (Wildman–Crippen LogP) is 4.37. The predicted molar refractivity (Wildman–Crippen MR) is 97.4 cm³/mol. The van der Waals surface area contributed by atoms with Crippen molar-refractivity contribution in [1.29, 1.82) is 0 Å². The average Bonchev–Trinajstić information content (AvgIpc) is 3.17. The number of para-hydroxylation sites is 2. The van der Waals surface area contributed by atoms with E-state index in [0.717, 1.165) is 28.5 Å². The number of thiazole rings is 1. The number of hydrogen-bond acceptors (Lipinski definition) is 4. The van der Waals surface area contributed by atoms with Crippen molar-refractivity contribution in [3.05, 3.63) is 54.1 Å². The second kappa shape index (κ2) is 5.98. The SMILES string of the molecule is C[C@H](Sc1nc2ccccc2s1)C(=O)N1CCc2ccccc21. The van der Waals surface area contributed by atoms with Crippen molar-refractivity contribution in [3.8, 4) is 0 Å². The van der Waals surface area contributed by atoms with E-state index >= 15 is 0 Å². The second-order valence-corrected chi connectivity index (χ2v) is 8.19. The molecule has 0 saturated carbocycles. The molecule has 0 bridgehead atoms. The van der Waals surface area contributed by atoms with Crippen LogP contribution in [-0.4, -0.2) is 22.7 Å². The van der Waals surface area contributed by atoms with Crippen molar-refractivity contribution in [2.75, 3.05) is 11.4 Å². The summed E-state index contributed by atoms with van der Waals surface area (Å²) in [7, 11) is 0. The van der Waals surface area contributed by atoms with Gasteiger partial charge in [0.25, 0.3) is 0 Å². The molecule has 2 aromatic carbocycles. The van der Waals surface area contributed by atoms with Crippen molar-refractivity contribution in [3.63, 3.8) is 0 Å². The van der Waals surface area contributed by atoms with Crippen molar-refractivity contribution >= 4 is 44.9 Å². The summed E-state index contributed by atoms with van der Waals surface area (Å²) in [6.45, 7) is 2.75. The molecule has 0 unspecified atom stereocenters. The summed E-state index contributed by atoms with van der Waals surface area (Å²) >= 11 is 3.21. The maximum atomic E-state index is 12.8. The molecule has 5 heteroatoms. The molecule has 1 amide bonds. The molecule has 0 saturated heterocycles. The quantitative estimate of drug-likeness (QED) is 0.664. The summed E-state index contributed by atoms with van der Waals surface area (Å²) in [6, 6.07) is 16.3. The second-order valence-electron chi connectivity index (χ2n) is 5.58. The van der Waals surface area contributed by atoms with E-state index in [1.54, 1.807) is 23.1 Å². The highest BCUT2D eigenvalue weighted by molar-refractivity contribution is 8.02. The smallest absolute Gasteiger partial charge is 0.240 e. The number of benzene rings is 2. The van der Waals surface area contributed by atoms with E-state index in [4.69, 9.17) is 0 Å². The summed E-state index contributed by atoms with van der Waals surface area (Å²) < 4.78 is 2.13. The van der Waals surface area contributed by atoms with E-state index in [9.17, 15) is 4.79 Å². The Morgan fingerprint density at radius 3 is 2.87 bits per heavy atom. The van der Waals surface area contributed by atoms with Crippen LogP contribution in [0.4, 0.5) is 5.69 Å². The van der Waals surface area contributed by atoms with Crippen LogP contribution < -0.4 is 4.90 Å². The first kappa shape index (κ1) is 14.7. The molecular weight excluding hydrogens is 324 g/mol. The van der Waals surface area contributed by atoms with E-state index in [2.05, 4.69) is 17.1 Å². The number of amides is 1. The third-order valence-electron chi connectivity index (χ3n) is 4.05. The summed E-state index contributed by atoms with van der Waals surface area (Å²) in [5.41, 5.74) is 3.33. The zero-order valence-electron chi connectivity index (χ0n) is 12.7. The zero-order valence-corrected chi connectivity index (χ0v) is 14.4. The topological polar surface area (TPSA) is 33.2 Å². The number of aromatic nitrogens is 1. The van der Waals surface area contributed by atoms with E-state index in [-0.39, 0.29) is 11.2 Å². The van der Waals surface area contributed by atoms with E-state index < -0.39 is 0 Å². The molecule has 0 aliphatic carbocycles. The molecule has 1 aromatic heterocycles. The third kappa shape index (κ3) is 2.75. The highest BCUT2D eigenvalue weighted by Crippen LogP contribution is 2.34. The van der Waals surface area contributed by atoms with Gasteiger partial charge in [0.2, 0.25) is 5.91 Å². The average molecular weight is 340 g/mol. The number of hydrogen-bond donors (Lipinski definition) is 0. The van der Waals surface area contributed by atoms with Crippen LogP contribution in [0.5, 0.6) is 0 Å². The van der Waals surface area contributed by atoms with Gasteiger partial charge < -0.3 is 4.90 Å². The minimum absolute atomic E-state index is 0.137. The van der Waals surface area contributed by atoms with Crippen LogP contribution in [0.25, 0.3) is 10.2 Å². The Hall–Kier alpha value is -1.85. The molecule has 23 heavy (non-hydrogen) atoms. The lowest BCUT2D eigenvalue weighted by atomic mass is 10.2. The number of fused-ring (bicyclic) bond motifs is 2. The lowest BCUT2D eigenvalue weighted by Gasteiger charge is -2.20. The van der Waals surface area contributed by atoms with Gasteiger partial charge in [-0.1, -0.05) is 42.1 Å². The third-order valence-corrected chi connectivity index (χ3v) is 6.27. The fraction of sp³-hybridized carbons (Fsp3) is 0.222. The van der Waals surface area contributed by atoms with E-state index in [1.165, 1.54) is 10.3 Å². The summed E-state index contributed by atoms with van der Waals surface area (Å²) in [6.07, 6.45) is 0.945. The fourth-order valence-corrected chi connectivity index (χ4v) is 5.16. The van der Waals surface area contributed by atoms with Gasteiger partial charge in [-0.15, -0.1) is 11.3 Å². The normalized spacial score (nSPS) is 14.9. The Bertz CT molecular complexity index is 841. The number of carbonyl (C=O) groups is 1. The molecule has 2 heterocycles.